The number of rotatable bonds is 2. The average Bonchev–Trinajstić information content (AvgIpc) is 3.49. The van der Waals surface area contributed by atoms with Gasteiger partial charge in [0.25, 0.3) is 0 Å². The maximum Gasteiger partial charge on any atom is 0.0490 e. The molecule has 0 fully saturated rings. The second-order valence-electron chi connectivity index (χ2n) is 14.0. The predicted molar refractivity (Wildman–Crippen MR) is 237 cm³/mol. The van der Waals surface area contributed by atoms with Crippen molar-refractivity contribution in [2.24, 2.45) is 7.05 Å². The summed E-state index contributed by atoms with van der Waals surface area (Å²) in [6.07, 6.45) is 14.1. The Morgan fingerprint density at radius 1 is 0.774 bits per heavy atom. The van der Waals surface area contributed by atoms with E-state index in [4.69, 9.17) is 18.2 Å². The van der Waals surface area contributed by atoms with Gasteiger partial charge in [0.2, 0.25) is 0 Å². The van der Waals surface area contributed by atoms with Crippen molar-refractivity contribution < 1.29 is 25.8 Å². The first-order valence-electron chi connectivity index (χ1n) is 19.8. The first kappa shape index (κ1) is 48.3. The summed E-state index contributed by atoms with van der Waals surface area (Å²) < 4.78 is 2.33. The fourth-order valence-electron chi connectivity index (χ4n) is 7.73. The number of benzene rings is 3. The molecule has 0 spiro atoms. The normalized spacial score (nSPS) is 16.5. The summed E-state index contributed by atoms with van der Waals surface area (Å²) in [4.78, 5) is 0. The van der Waals surface area contributed by atoms with E-state index in [0.29, 0.717) is 0 Å². The fourth-order valence-corrected chi connectivity index (χ4v) is 7.98. The van der Waals surface area contributed by atoms with E-state index < -0.39 is 0 Å². The van der Waals surface area contributed by atoms with Crippen LogP contribution in [0.15, 0.2) is 96.2 Å². The van der Waals surface area contributed by atoms with Crippen LogP contribution >= 0.6 is 11.6 Å². The molecule has 0 N–H and O–H groups in total. The van der Waals surface area contributed by atoms with Gasteiger partial charge < -0.3 is 12.0 Å². The molecule has 0 atom stereocenters. The molecule has 4 bridgehead atoms. The minimum Gasteiger partial charge on any atom is -0.358 e. The van der Waals surface area contributed by atoms with Gasteiger partial charge in [-0.25, -0.2) is 0 Å². The molecule has 1 heterocycles. The van der Waals surface area contributed by atoms with E-state index in [0.717, 1.165) is 73.9 Å². The Bertz CT molecular complexity index is 1860. The summed E-state index contributed by atoms with van der Waals surface area (Å²) >= 11 is 7.16. The third kappa shape index (κ3) is 12.4. The van der Waals surface area contributed by atoms with Crippen molar-refractivity contribution in [1.82, 2.24) is 4.57 Å². The molecule has 1 aliphatic carbocycles. The molecule has 3 heteroatoms. The number of allylic oxidation sites excluding steroid dienone is 6. The molecule has 1 aromatic heterocycles. The van der Waals surface area contributed by atoms with Crippen LogP contribution in [0.4, 0.5) is 0 Å². The van der Waals surface area contributed by atoms with Gasteiger partial charge in [-0.05, 0) is 165 Å². The van der Waals surface area contributed by atoms with Crippen LogP contribution in [-0.4, -0.2) is 4.57 Å². The van der Waals surface area contributed by atoms with Gasteiger partial charge in [0, 0.05) is 55.4 Å². The Labute approximate surface area is 349 Å². The number of fused-ring (bicyclic) bond motifs is 7. The van der Waals surface area contributed by atoms with Crippen molar-refractivity contribution in [3.05, 3.63) is 148 Å². The van der Waals surface area contributed by atoms with Gasteiger partial charge in [-0.15, -0.1) is 0 Å². The Hall–Kier alpha value is -2.68. The molecule has 0 radical (unpaired) electrons. The predicted octanol–water partition coefficient (Wildman–Crippen LogP) is 15.7. The smallest absolute Gasteiger partial charge is 0.0490 e. The second kappa shape index (κ2) is 24.0. The Morgan fingerprint density at radius 2 is 1.45 bits per heavy atom. The molecule has 1 aliphatic rings. The molecule has 286 valence electrons. The molecule has 0 aliphatic heterocycles. The molecule has 4 aromatic rings. The molecule has 5 rings (SSSR count). The SMILES string of the molecule is C=C(C)/C1=C(\C)c2c(C)ccc(Cl)c2/C(=C(\C)CC)C(=C)CCCc2cc(n(C)c2)CCc2cc(c3ccccc3c2)CCCCC1.CC.CC.[CH3-].[Hf]. The zero-order valence-corrected chi connectivity index (χ0v) is 39.6. The first-order chi connectivity index (χ1) is 24.6. The van der Waals surface area contributed by atoms with Crippen molar-refractivity contribution in [3.63, 3.8) is 0 Å². The monoisotopic (exact) mass is 898 g/mol. The summed E-state index contributed by atoms with van der Waals surface area (Å²) in [6, 6.07) is 20.5. The number of aryl methyl sites for hydroxylation is 6. The third-order valence-corrected chi connectivity index (χ3v) is 10.7. The van der Waals surface area contributed by atoms with E-state index in [1.54, 1.807) is 0 Å². The third-order valence-electron chi connectivity index (χ3n) is 10.4. The molecule has 0 saturated carbocycles. The van der Waals surface area contributed by atoms with Crippen molar-refractivity contribution in [2.75, 3.05) is 0 Å². The van der Waals surface area contributed by atoms with Gasteiger partial charge in [-0.2, -0.15) is 0 Å². The van der Waals surface area contributed by atoms with Crippen LogP contribution in [0.5, 0.6) is 0 Å². The maximum absolute atomic E-state index is 7.16. The van der Waals surface area contributed by atoms with Gasteiger partial charge in [-0.1, -0.05) is 119 Å². The van der Waals surface area contributed by atoms with E-state index in [1.165, 1.54) is 85.0 Å². The molecule has 0 unspecified atom stereocenters. The van der Waals surface area contributed by atoms with Gasteiger partial charge in [0.15, 0.2) is 0 Å². The second-order valence-corrected chi connectivity index (χ2v) is 14.4. The average molecular weight is 898 g/mol. The topological polar surface area (TPSA) is 4.93 Å². The summed E-state index contributed by atoms with van der Waals surface area (Å²) in [5, 5.41) is 3.58. The van der Waals surface area contributed by atoms with Crippen molar-refractivity contribution >= 4 is 33.5 Å². The number of halogens is 1. The first-order valence-corrected chi connectivity index (χ1v) is 20.1. The van der Waals surface area contributed by atoms with Crippen molar-refractivity contribution in [3.8, 4) is 0 Å². The van der Waals surface area contributed by atoms with E-state index in [-0.39, 0.29) is 33.3 Å². The molecule has 53 heavy (non-hydrogen) atoms. The summed E-state index contributed by atoms with van der Waals surface area (Å²) in [5.74, 6) is 0. The van der Waals surface area contributed by atoms with Crippen molar-refractivity contribution in [1.29, 1.82) is 0 Å². The minimum atomic E-state index is 0. The molecular formula is C50H69ClHfN-. The molecule has 0 saturated heterocycles. The standard InChI is InChI=1S/C45H54ClN.2C2H6.CH3.Hf/c1-9-31(4)43-32(5)16-15-17-36-28-39(47(8)29-36)24-23-35-26-37(41-21-14-13-19-38(41)27-35)18-11-10-12-20-40(30(2)3)34(7)44-33(6)22-25-42(46)45(43)44;2*1-2;;/h13-14,19,21-22,25-29H,2,5,9-12,15-18,20,23-24H2,1,3-4,6-8H3;2*1-2H3;1H3;/q;;;-1;/b40-34+,43-31+;;;;. The van der Waals surface area contributed by atoms with Gasteiger partial charge >= 0.3 is 0 Å². The minimum absolute atomic E-state index is 0. The largest absolute Gasteiger partial charge is 0.358 e. The zero-order chi connectivity index (χ0) is 37.7. The van der Waals surface area contributed by atoms with Crippen LogP contribution in [0.2, 0.25) is 5.02 Å². The molecular weight excluding hydrogens is 829 g/mol. The molecule has 0 amide bonds. The number of nitrogens with zero attached hydrogens (tertiary/aromatic N) is 1. The van der Waals surface area contributed by atoms with Gasteiger partial charge in [0.05, 0.1) is 0 Å². The summed E-state index contributed by atoms with van der Waals surface area (Å²) in [7, 11) is 2.20. The number of aromatic nitrogens is 1. The van der Waals surface area contributed by atoms with Crippen molar-refractivity contribution in [2.45, 2.75) is 133 Å². The zero-order valence-electron chi connectivity index (χ0n) is 35.3. The van der Waals surface area contributed by atoms with Crippen LogP contribution in [-0.2, 0) is 58.6 Å². The van der Waals surface area contributed by atoms with Gasteiger partial charge in [0.1, 0.15) is 0 Å². The van der Waals surface area contributed by atoms with E-state index in [9.17, 15) is 0 Å². The quantitative estimate of drug-likeness (QED) is 0.140. The van der Waals surface area contributed by atoms with Crippen LogP contribution in [0.1, 0.15) is 139 Å². The van der Waals surface area contributed by atoms with Gasteiger partial charge in [-0.3, -0.25) is 0 Å². The molecule has 1 nitrogen and oxygen atoms in total. The van der Waals surface area contributed by atoms with Crippen LogP contribution in [0.3, 0.4) is 0 Å². The number of hydrogen-bond donors (Lipinski definition) is 0. The Kier molecular flexibility index (Phi) is 21.9. The van der Waals surface area contributed by atoms with Crippen LogP contribution in [0, 0.1) is 14.4 Å². The Morgan fingerprint density at radius 3 is 2.13 bits per heavy atom. The van der Waals surface area contributed by atoms with E-state index in [1.807, 2.05) is 27.7 Å². The van der Waals surface area contributed by atoms with E-state index >= 15 is 0 Å². The van der Waals surface area contributed by atoms with Crippen LogP contribution < -0.4 is 0 Å². The number of hydrogen-bond acceptors (Lipinski definition) is 0. The fraction of sp³-hybridized carbons (Fsp3) is 0.420. The Balaban J connectivity index is 0.00000226. The molecule has 3 aromatic carbocycles. The van der Waals surface area contributed by atoms with E-state index in [2.05, 4.69) is 114 Å². The van der Waals surface area contributed by atoms with Crippen LogP contribution in [0.25, 0.3) is 21.9 Å². The summed E-state index contributed by atoms with van der Waals surface area (Å²) in [6.45, 7) is 28.4. The summed E-state index contributed by atoms with van der Waals surface area (Å²) in [5.41, 5.74) is 17.0. The maximum atomic E-state index is 7.16.